The van der Waals surface area contributed by atoms with Gasteiger partial charge in [-0.1, -0.05) is 61.5 Å². The first-order valence-electron chi connectivity index (χ1n) is 12.4. The summed E-state index contributed by atoms with van der Waals surface area (Å²) < 4.78 is 0. The third-order valence-corrected chi connectivity index (χ3v) is 6.06. The molecule has 0 amide bonds. The number of aromatic amines is 1. The third-order valence-electron chi connectivity index (χ3n) is 6.06. The molecule has 9 nitrogen and oxygen atoms in total. The number of nitrogens with zero attached hydrogens (tertiary/aromatic N) is 7. The zero-order chi connectivity index (χ0) is 25.5. The summed E-state index contributed by atoms with van der Waals surface area (Å²) in [6.07, 6.45) is 4.68. The van der Waals surface area contributed by atoms with Gasteiger partial charge in [0.25, 0.3) is 0 Å². The predicted molar refractivity (Wildman–Crippen MR) is 145 cm³/mol. The molecule has 0 radical (unpaired) electrons. The number of tetrazole rings is 1. The van der Waals surface area contributed by atoms with Crippen LogP contribution in [0.3, 0.4) is 0 Å². The largest absolute Gasteiger partial charge is 0.352 e. The van der Waals surface area contributed by atoms with Crippen LogP contribution in [0.4, 0.5) is 11.8 Å². The van der Waals surface area contributed by atoms with Crippen LogP contribution in [-0.2, 0) is 13.1 Å². The van der Waals surface area contributed by atoms with Crippen LogP contribution in [0.1, 0.15) is 30.2 Å². The number of hydrogen-bond acceptors (Lipinski definition) is 8. The van der Waals surface area contributed by atoms with E-state index < -0.39 is 0 Å². The van der Waals surface area contributed by atoms with Gasteiger partial charge in [-0.3, -0.25) is 4.98 Å². The Morgan fingerprint density at radius 2 is 1.73 bits per heavy atom. The normalized spacial score (nSPS) is 10.9. The SMILES string of the molecule is CCCN(Cc1ccc(-c2ccccc2-c2nnn[nH]2)cc1)c1nc(NCc2ccccn2)ncc1C. The van der Waals surface area contributed by atoms with E-state index in [4.69, 9.17) is 4.98 Å². The average Bonchev–Trinajstić information content (AvgIpc) is 3.49. The van der Waals surface area contributed by atoms with E-state index in [1.54, 1.807) is 6.20 Å². The van der Waals surface area contributed by atoms with Gasteiger partial charge in [0.05, 0.1) is 12.2 Å². The quantitative estimate of drug-likeness (QED) is 0.279. The fourth-order valence-electron chi connectivity index (χ4n) is 4.27. The topological polar surface area (TPSA) is 108 Å². The van der Waals surface area contributed by atoms with Crippen molar-refractivity contribution in [1.29, 1.82) is 0 Å². The molecular formula is C28H29N9. The second-order valence-electron chi connectivity index (χ2n) is 8.79. The molecule has 3 aromatic heterocycles. The first kappa shape index (κ1) is 24.1. The fourth-order valence-corrected chi connectivity index (χ4v) is 4.27. The van der Waals surface area contributed by atoms with Gasteiger partial charge in [0.1, 0.15) is 5.82 Å². The Bertz CT molecular complexity index is 1420. The molecule has 0 unspecified atom stereocenters. The minimum Gasteiger partial charge on any atom is -0.352 e. The predicted octanol–water partition coefficient (Wildman–Crippen LogP) is 5.06. The van der Waals surface area contributed by atoms with Gasteiger partial charge in [0, 0.05) is 36.6 Å². The van der Waals surface area contributed by atoms with Gasteiger partial charge >= 0.3 is 0 Å². The monoisotopic (exact) mass is 491 g/mol. The van der Waals surface area contributed by atoms with E-state index >= 15 is 0 Å². The van der Waals surface area contributed by atoms with Crippen molar-refractivity contribution in [2.45, 2.75) is 33.4 Å². The van der Waals surface area contributed by atoms with Gasteiger partial charge in [-0.15, -0.1) is 5.10 Å². The molecule has 0 spiro atoms. The average molecular weight is 492 g/mol. The molecule has 0 atom stereocenters. The number of benzene rings is 2. The Morgan fingerprint density at radius 3 is 2.46 bits per heavy atom. The van der Waals surface area contributed by atoms with Gasteiger partial charge in [-0.05, 0) is 52.6 Å². The Hall–Kier alpha value is -4.66. The zero-order valence-electron chi connectivity index (χ0n) is 21.0. The number of nitrogens with one attached hydrogen (secondary N) is 2. The Morgan fingerprint density at radius 1 is 0.919 bits per heavy atom. The van der Waals surface area contributed by atoms with E-state index in [0.29, 0.717) is 18.3 Å². The van der Waals surface area contributed by atoms with Gasteiger partial charge in [-0.2, -0.15) is 4.98 Å². The Balaban J connectivity index is 1.34. The van der Waals surface area contributed by atoms with Gasteiger partial charge in [0.15, 0.2) is 5.82 Å². The summed E-state index contributed by atoms with van der Waals surface area (Å²) in [5.74, 6) is 2.19. The van der Waals surface area contributed by atoms with Gasteiger partial charge in [-0.25, -0.2) is 10.1 Å². The molecule has 37 heavy (non-hydrogen) atoms. The van der Waals surface area contributed by atoms with Crippen LogP contribution in [0.15, 0.2) is 79.1 Å². The molecule has 0 bridgehead atoms. The second kappa shape index (κ2) is 11.4. The molecule has 0 saturated carbocycles. The molecular weight excluding hydrogens is 462 g/mol. The van der Waals surface area contributed by atoms with Crippen LogP contribution >= 0.6 is 0 Å². The highest BCUT2D eigenvalue weighted by molar-refractivity contribution is 5.80. The lowest BCUT2D eigenvalue weighted by atomic mass is 9.98. The van der Waals surface area contributed by atoms with Crippen molar-refractivity contribution in [2.24, 2.45) is 0 Å². The highest BCUT2D eigenvalue weighted by Crippen LogP contribution is 2.30. The van der Waals surface area contributed by atoms with Gasteiger partial charge in [0.2, 0.25) is 5.95 Å². The van der Waals surface area contributed by atoms with Crippen LogP contribution < -0.4 is 10.2 Å². The molecule has 0 aliphatic carbocycles. The number of rotatable bonds is 10. The molecule has 3 heterocycles. The smallest absolute Gasteiger partial charge is 0.224 e. The summed E-state index contributed by atoms with van der Waals surface area (Å²) in [7, 11) is 0. The summed E-state index contributed by atoms with van der Waals surface area (Å²) in [6.45, 7) is 6.45. The fraction of sp³-hybridized carbons (Fsp3) is 0.214. The lowest BCUT2D eigenvalue weighted by molar-refractivity contribution is 0.749. The van der Waals surface area contributed by atoms with Crippen LogP contribution in [-0.4, -0.2) is 42.1 Å². The number of anilines is 2. The van der Waals surface area contributed by atoms with Crippen LogP contribution in [0.2, 0.25) is 0 Å². The molecule has 0 fully saturated rings. The summed E-state index contributed by atoms with van der Waals surface area (Å²) in [5.41, 5.74) is 6.35. The van der Waals surface area contributed by atoms with Crippen LogP contribution in [0.25, 0.3) is 22.5 Å². The molecule has 0 saturated heterocycles. The highest BCUT2D eigenvalue weighted by Gasteiger charge is 2.14. The van der Waals surface area contributed by atoms with Crippen molar-refractivity contribution < 1.29 is 0 Å². The van der Waals surface area contributed by atoms with Crippen LogP contribution in [0.5, 0.6) is 0 Å². The minimum atomic E-state index is 0.574. The third kappa shape index (κ3) is 5.78. The standard InChI is InChI=1S/C28H29N9/c1-3-16-37(27-20(2)17-30-28(32-27)31-18-23-8-6-7-15-29-23)19-21-11-13-22(14-12-21)24-9-4-5-10-25(24)26-33-35-36-34-26/h4-15,17H,3,16,18-19H2,1-2H3,(H,30,31,32)(H,33,34,35,36). The Labute approximate surface area is 216 Å². The molecule has 0 aliphatic heterocycles. The maximum Gasteiger partial charge on any atom is 0.224 e. The number of hydrogen-bond donors (Lipinski definition) is 2. The Kier molecular flexibility index (Phi) is 7.40. The van der Waals surface area contributed by atoms with E-state index in [9.17, 15) is 0 Å². The van der Waals surface area contributed by atoms with Crippen molar-refractivity contribution in [1.82, 2.24) is 35.6 Å². The highest BCUT2D eigenvalue weighted by atomic mass is 15.5. The zero-order valence-corrected chi connectivity index (χ0v) is 21.0. The van der Waals surface area contributed by atoms with E-state index in [2.05, 4.69) is 85.0 Å². The minimum absolute atomic E-state index is 0.574. The lowest BCUT2D eigenvalue weighted by Crippen LogP contribution is -2.26. The molecule has 9 heteroatoms. The number of H-pyrrole nitrogens is 1. The maximum atomic E-state index is 4.86. The summed E-state index contributed by atoms with van der Waals surface area (Å²) >= 11 is 0. The molecule has 5 aromatic rings. The first-order chi connectivity index (χ1) is 18.2. The van der Waals surface area contributed by atoms with E-state index in [0.717, 1.165) is 53.3 Å². The van der Waals surface area contributed by atoms with E-state index in [-0.39, 0.29) is 0 Å². The van der Waals surface area contributed by atoms with Crippen molar-refractivity contribution in [3.05, 3.63) is 95.9 Å². The summed E-state index contributed by atoms with van der Waals surface area (Å²) in [6, 6.07) is 22.6. The van der Waals surface area contributed by atoms with Crippen molar-refractivity contribution >= 4 is 11.8 Å². The maximum absolute atomic E-state index is 4.86. The second-order valence-corrected chi connectivity index (χ2v) is 8.79. The van der Waals surface area contributed by atoms with Gasteiger partial charge < -0.3 is 10.2 Å². The molecule has 186 valence electrons. The van der Waals surface area contributed by atoms with Crippen LogP contribution in [0, 0.1) is 6.92 Å². The number of pyridine rings is 1. The summed E-state index contributed by atoms with van der Waals surface area (Å²) in [5, 5.41) is 17.7. The lowest BCUT2D eigenvalue weighted by Gasteiger charge is -2.25. The molecule has 2 aromatic carbocycles. The number of aromatic nitrogens is 7. The summed E-state index contributed by atoms with van der Waals surface area (Å²) in [4.78, 5) is 16.0. The van der Waals surface area contributed by atoms with E-state index in [1.807, 2.05) is 42.6 Å². The molecule has 0 aliphatic rings. The molecule has 2 N–H and O–H groups in total. The first-order valence-corrected chi connectivity index (χ1v) is 12.4. The van der Waals surface area contributed by atoms with E-state index in [1.165, 1.54) is 5.56 Å². The number of aryl methyl sites for hydroxylation is 1. The van der Waals surface area contributed by atoms with Crippen molar-refractivity contribution in [2.75, 3.05) is 16.8 Å². The van der Waals surface area contributed by atoms with Crippen molar-refractivity contribution in [3.63, 3.8) is 0 Å². The van der Waals surface area contributed by atoms with Crippen molar-refractivity contribution in [3.8, 4) is 22.5 Å². The molecule has 5 rings (SSSR count).